The van der Waals surface area contributed by atoms with Crippen LogP contribution in [0.4, 0.5) is 0 Å². The Labute approximate surface area is 105 Å². The fourth-order valence-corrected chi connectivity index (χ4v) is 3.65. The van der Waals surface area contributed by atoms with Crippen molar-refractivity contribution in [2.24, 2.45) is 5.92 Å². The number of nitrogens with zero attached hydrogens (tertiary/aromatic N) is 2. The summed E-state index contributed by atoms with van der Waals surface area (Å²) in [5, 5.41) is 12.5. The van der Waals surface area contributed by atoms with Gasteiger partial charge in [-0.05, 0) is 58.5 Å². The molecule has 3 nitrogen and oxygen atoms in total. The lowest BCUT2D eigenvalue weighted by Crippen LogP contribution is -2.47. The summed E-state index contributed by atoms with van der Waals surface area (Å²) >= 11 is 0. The monoisotopic (exact) mass is 235 g/mol. The Morgan fingerprint density at radius 3 is 2.65 bits per heavy atom. The van der Waals surface area contributed by atoms with Crippen LogP contribution < -0.4 is 5.32 Å². The minimum atomic E-state index is -0.256. The normalized spacial score (nSPS) is 43.5. The third-order valence-electron chi connectivity index (χ3n) is 4.84. The van der Waals surface area contributed by atoms with E-state index >= 15 is 0 Å². The van der Waals surface area contributed by atoms with Crippen molar-refractivity contribution in [3.8, 4) is 6.07 Å². The maximum atomic E-state index is 9.31. The first-order valence-electron chi connectivity index (χ1n) is 6.96. The molecule has 4 unspecified atom stereocenters. The highest BCUT2D eigenvalue weighted by Crippen LogP contribution is 2.36. The molecule has 0 aromatic rings. The molecule has 1 saturated heterocycles. The maximum absolute atomic E-state index is 9.31. The molecule has 0 aromatic heterocycles. The molecule has 2 fully saturated rings. The van der Waals surface area contributed by atoms with Crippen LogP contribution in [0.15, 0.2) is 0 Å². The topological polar surface area (TPSA) is 39.1 Å². The number of hydrogen-bond donors (Lipinski definition) is 1. The van der Waals surface area contributed by atoms with E-state index in [0.717, 1.165) is 18.8 Å². The van der Waals surface area contributed by atoms with Crippen LogP contribution in [0.1, 0.15) is 46.0 Å². The van der Waals surface area contributed by atoms with E-state index in [2.05, 4.69) is 30.1 Å². The van der Waals surface area contributed by atoms with Gasteiger partial charge < -0.3 is 5.32 Å². The predicted molar refractivity (Wildman–Crippen MR) is 69.6 cm³/mol. The first-order chi connectivity index (χ1) is 8.10. The summed E-state index contributed by atoms with van der Waals surface area (Å²) in [6.45, 7) is 5.93. The molecular formula is C14H25N3. The van der Waals surface area contributed by atoms with Gasteiger partial charge in [0, 0.05) is 12.1 Å². The zero-order valence-electron chi connectivity index (χ0n) is 11.4. The van der Waals surface area contributed by atoms with E-state index in [1.807, 2.05) is 7.05 Å². The summed E-state index contributed by atoms with van der Waals surface area (Å²) in [7, 11) is 1.92. The third-order valence-corrected chi connectivity index (χ3v) is 4.84. The molecule has 1 N–H and O–H groups in total. The van der Waals surface area contributed by atoms with Crippen LogP contribution in [0.3, 0.4) is 0 Å². The van der Waals surface area contributed by atoms with Gasteiger partial charge >= 0.3 is 0 Å². The quantitative estimate of drug-likeness (QED) is 0.797. The van der Waals surface area contributed by atoms with E-state index in [1.165, 1.54) is 25.8 Å². The van der Waals surface area contributed by atoms with Crippen molar-refractivity contribution in [1.29, 1.82) is 5.26 Å². The van der Waals surface area contributed by atoms with E-state index in [9.17, 15) is 5.26 Å². The van der Waals surface area contributed by atoms with Crippen molar-refractivity contribution in [3.63, 3.8) is 0 Å². The Kier molecular flexibility index (Phi) is 3.75. The number of nitriles is 1. The lowest BCUT2D eigenvalue weighted by atomic mass is 9.91. The van der Waals surface area contributed by atoms with Crippen molar-refractivity contribution in [3.05, 3.63) is 0 Å². The largest absolute Gasteiger partial charge is 0.302 e. The zero-order chi connectivity index (χ0) is 12.5. The number of piperidine rings is 1. The molecule has 0 amide bonds. The van der Waals surface area contributed by atoms with E-state index in [4.69, 9.17) is 0 Å². The van der Waals surface area contributed by atoms with E-state index < -0.39 is 0 Å². The lowest BCUT2D eigenvalue weighted by Gasteiger charge is -2.40. The minimum absolute atomic E-state index is 0.256. The molecular weight excluding hydrogens is 210 g/mol. The van der Waals surface area contributed by atoms with Gasteiger partial charge in [-0.2, -0.15) is 5.26 Å². The second kappa shape index (κ2) is 4.96. The number of nitrogens with one attached hydrogen (secondary N) is 1. The average Bonchev–Trinajstić information content (AvgIpc) is 2.74. The molecule has 0 spiro atoms. The Bertz CT molecular complexity index is 309. The Morgan fingerprint density at radius 2 is 2.12 bits per heavy atom. The standard InChI is InChI=1S/C14H25N3/c1-11-5-7-17(12(2)8-11)13-4-6-14(9-13,10-15)16-3/h11-13,16H,4-9H2,1-3H3. The second-order valence-electron chi connectivity index (χ2n) is 6.06. The van der Waals surface area contributed by atoms with Gasteiger partial charge in [-0.1, -0.05) is 6.92 Å². The summed E-state index contributed by atoms with van der Waals surface area (Å²) in [5.74, 6) is 0.868. The van der Waals surface area contributed by atoms with Crippen LogP contribution >= 0.6 is 0 Å². The molecule has 96 valence electrons. The smallest absolute Gasteiger partial charge is 0.108 e. The highest BCUT2D eigenvalue weighted by molar-refractivity contribution is 5.13. The minimum Gasteiger partial charge on any atom is -0.302 e. The van der Waals surface area contributed by atoms with Gasteiger partial charge in [-0.3, -0.25) is 4.90 Å². The van der Waals surface area contributed by atoms with Crippen molar-refractivity contribution in [1.82, 2.24) is 10.2 Å². The third kappa shape index (κ3) is 2.48. The van der Waals surface area contributed by atoms with Crippen molar-refractivity contribution < 1.29 is 0 Å². The maximum Gasteiger partial charge on any atom is 0.108 e. The molecule has 0 radical (unpaired) electrons. The van der Waals surface area contributed by atoms with E-state index in [0.29, 0.717) is 12.1 Å². The Morgan fingerprint density at radius 1 is 1.35 bits per heavy atom. The van der Waals surface area contributed by atoms with Gasteiger partial charge in [-0.15, -0.1) is 0 Å². The van der Waals surface area contributed by atoms with Crippen LogP contribution in [-0.4, -0.2) is 36.1 Å². The summed E-state index contributed by atoms with van der Waals surface area (Å²) in [6, 6.07) is 3.79. The van der Waals surface area contributed by atoms with E-state index in [-0.39, 0.29) is 5.54 Å². The lowest BCUT2D eigenvalue weighted by molar-refractivity contribution is 0.0818. The first-order valence-corrected chi connectivity index (χ1v) is 6.96. The summed E-state index contributed by atoms with van der Waals surface area (Å²) in [4.78, 5) is 2.65. The van der Waals surface area contributed by atoms with Crippen LogP contribution in [0, 0.1) is 17.2 Å². The van der Waals surface area contributed by atoms with Crippen molar-refractivity contribution >= 4 is 0 Å². The molecule has 1 aliphatic carbocycles. The molecule has 3 heteroatoms. The Balaban J connectivity index is 1.99. The first kappa shape index (κ1) is 12.9. The molecule has 2 aliphatic rings. The highest BCUT2D eigenvalue weighted by Gasteiger charge is 2.42. The van der Waals surface area contributed by atoms with Gasteiger partial charge in [0.05, 0.1) is 6.07 Å². The predicted octanol–water partition coefficient (Wildman–Crippen LogP) is 2.14. The SMILES string of the molecule is CNC1(C#N)CCC(N2CCC(C)CC2C)C1. The highest BCUT2D eigenvalue weighted by atomic mass is 15.2. The molecule has 17 heavy (non-hydrogen) atoms. The van der Waals surface area contributed by atoms with Gasteiger partial charge in [0.15, 0.2) is 0 Å². The second-order valence-corrected chi connectivity index (χ2v) is 6.06. The van der Waals surface area contributed by atoms with E-state index in [1.54, 1.807) is 0 Å². The van der Waals surface area contributed by atoms with Gasteiger partial charge in [0.25, 0.3) is 0 Å². The molecule has 0 aromatic carbocycles. The van der Waals surface area contributed by atoms with Gasteiger partial charge in [0.2, 0.25) is 0 Å². The average molecular weight is 235 g/mol. The van der Waals surface area contributed by atoms with Crippen LogP contribution in [0.2, 0.25) is 0 Å². The Hall–Kier alpha value is -0.590. The number of rotatable bonds is 2. The van der Waals surface area contributed by atoms with Crippen LogP contribution in [0.25, 0.3) is 0 Å². The summed E-state index contributed by atoms with van der Waals surface area (Å²) in [6.07, 6.45) is 5.81. The zero-order valence-corrected chi connectivity index (χ0v) is 11.4. The van der Waals surface area contributed by atoms with Gasteiger partial charge in [-0.25, -0.2) is 0 Å². The molecule has 1 aliphatic heterocycles. The van der Waals surface area contributed by atoms with Crippen molar-refractivity contribution in [2.75, 3.05) is 13.6 Å². The van der Waals surface area contributed by atoms with Crippen molar-refractivity contribution in [2.45, 2.75) is 63.6 Å². The summed E-state index contributed by atoms with van der Waals surface area (Å²) < 4.78 is 0. The fourth-order valence-electron chi connectivity index (χ4n) is 3.65. The van der Waals surface area contributed by atoms with Crippen LogP contribution in [0.5, 0.6) is 0 Å². The van der Waals surface area contributed by atoms with Crippen LogP contribution in [-0.2, 0) is 0 Å². The number of hydrogen-bond acceptors (Lipinski definition) is 3. The molecule has 4 atom stereocenters. The fraction of sp³-hybridized carbons (Fsp3) is 0.929. The van der Waals surface area contributed by atoms with Gasteiger partial charge in [0.1, 0.15) is 5.54 Å². The molecule has 2 rings (SSSR count). The summed E-state index contributed by atoms with van der Waals surface area (Å²) in [5.41, 5.74) is -0.256. The number of likely N-dealkylation sites (tertiary alicyclic amines) is 1. The molecule has 0 bridgehead atoms. The molecule has 1 heterocycles. The molecule has 1 saturated carbocycles.